The zero-order valence-corrected chi connectivity index (χ0v) is 56.4. The highest BCUT2D eigenvalue weighted by Gasteiger charge is 2.22. The number of carbonyl (C=O) groups excluding carboxylic acids is 3. The number of esters is 2. The van der Waals surface area contributed by atoms with E-state index in [1.165, 1.54) is 308 Å². The second kappa shape index (κ2) is 66.0. The van der Waals surface area contributed by atoms with Crippen molar-refractivity contribution in [2.75, 3.05) is 47.5 Å². The number of likely N-dealkylation sites (N-methyl/N-ethyl adjacent to an activating group) is 1. The van der Waals surface area contributed by atoms with Gasteiger partial charge in [0.25, 0.3) is 0 Å². The van der Waals surface area contributed by atoms with Crippen LogP contribution in [0.25, 0.3) is 0 Å². The highest BCUT2D eigenvalue weighted by atomic mass is 16.7. The number of nitrogens with zero attached hydrogens (tertiary/aromatic N) is 1. The second-order valence-electron chi connectivity index (χ2n) is 26.6. The molecule has 0 radical (unpaired) electrons. The zero-order valence-electron chi connectivity index (χ0n) is 56.4. The highest BCUT2D eigenvalue weighted by Crippen LogP contribution is 2.20. The van der Waals surface area contributed by atoms with Crippen LogP contribution in [0.15, 0.2) is 12.2 Å². The fourth-order valence-corrected chi connectivity index (χ4v) is 11.4. The van der Waals surface area contributed by atoms with Gasteiger partial charge < -0.3 is 33.3 Å². The first-order valence-electron chi connectivity index (χ1n) is 36.8. The third kappa shape index (κ3) is 67.4. The summed E-state index contributed by atoms with van der Waals surface area (Å²) in [7, 11) is 5.94. The fourth-order valence-electron chi connectivity index (χ4n) is 11.4. The Kier molecular flexibility index (Phi) is 64.4. The quantitative estimate of drug-likeness (QED) is 0.0195. The normalized spacial score (nSPS) is 12.6. The van der Waals surface area contributed by atoms with Crippen LogP contribution in [0.5, 0.6) is 0 Å². The smallest absolute Gasteiger partial charge is 0.306 e. The number of quaternary nitrogens is 1. The summed E-state index contributed by atoms with van der Waals surface area (Å²) in [5, 5.41) is 11.8. The van der Waals surface area contributed by atoms with Gasteiger partial charge in [-0.05, 0) is 38.5 Å². The van der Waals surface area contributed by atoms with Crippen LogP contribution in [-0.4, -0.2) is 82.3 Å². The summed E-state index contributed by atoms with van der Waals surface area (Å²) in [4.78, 5) is 37.4. The molecule has 0 fully saturated rings. The minimum atomic E-state index is -1.62. The minimum Gasteiger partial charge on any atom is -0.545 e. The predicted molar refractivity (Wildman–Crippen MR) is 353 cm³/mol. The first kappa shape index (κ1) is 81.0. The molecular formula is C74H143NO8. The molecule has 9 heteroatoms. The molecule has 9 nitrogen and oxygen atoms in total. The average Bonchev–Trinajstić information content (AvgIpc) is 3.46. The Morgan fingerprint density at radius 1 is 0.349 bits per heavy atom. The third-order valence-corrected chi connectivity index (χ3v) is 17.0. The van der Waals surface area contributed by atoms with E-state index >= 15 is 0 Å². The highest BCUT2D eigenvalue weighted by molar-refractivity contribution is 5.70. The van der Waals surface area contributed by atoms with E-state index in [1.54, 1.807) is 0 Å². The van der Waals surface area contributed by atoms with Gasteiger partial charge in [0.05, 0.1) is 40.3 Å². The molecule has 0 amide bonds. The molecule has 0 spiro atoms. The summed E-state index contributed by atoms with van der Waals surface area (Å²) in [5.74, 6) is -2.26. The summed E-state index contributed by atoms with van der Waals surface area (Å²) in [5.41, 5.74) is 0. The molecule has 0 aliphatic heterocycles. The van der Waals surface area contributed by atoms with Crippen LogP contribution in [0.2, 0.25) is 0 Å². The SMILES string of the molecule is CCCCCCCC/C=C\CCCCCCCCCC(=O)OC(COC(=O)CCCCCCCCCCCCCCCCCCCCCCCCCCCCCCCCCCCCCCCCCCC)COC(OCC[N+](C)(C)C)C(=O)[O-]. The number of allylic oxidation sites excluding steroid dienone is 2. The Balaban J connectivity index is 3.86. The van der Waals surface area contributed by atoms with E-state index in [2.05, 4.69) is 26.0 Å². The first-order valence-corrected chi connectivity index (χ1v) is 36.8. The molecule has 2 atom stereocenters. The number of carbonyl (C=O) groups is 3. The second-order valence-corrected chi connectivity index (χ2v) is 26.6. The van der Waals surface area contributed by atoms with E-state index in [0.717, 1.165) is 44.9 Å². The molecule has 0 saturated carbocycles. The summed E-state index contributed by atoms with van der Waals surface area (Å²) < 4.78 is 22.8. The predicted octanol–water partition coefficient (Wildman–Crippen LogP) is 21.5. The van der Waals surface area contributed by atoms with Crippen molar-refractivity contribution in [2.45, 2.75) is 399 Å². The first-order chi connectivity index (χ1) is 40.6. The maximum Gasteiger partial charge on any atom is 0.306 e. The Morgan fingerprint density at radius 3 is 0.892 bits per heavy atom. The maximum atomic E-state index is 12.9. The summed E-state index contributed by atoms with van der Waals surface area (Å²) in [6.45, 7) is 4.81. The van der Waals surface area contributed by atoms with Gasteiger partial charge in [0.2, 0.25) is 0 Å². The number of hydrogen-bond acceptors (Lipinski definition) is 8. The van der Waals surface area contributed by atoms with Crippen molar-refractivity contribution in [3.8, 4) is 0 Å². The van der Waals surface area contributed by atoms with Crippen LogP contribution in [0.4, 0.5) is 0 Å². The van der Waals surface area contributed by atoms with Crippen LogP contribution < -0.4 is 5.11 Å². The largest absolute Gasteiger partial charge is 0.545 e. The van der Waals surface area contributed by atoms with Crippen molar-refractivity contribution in [1.29, 1.82) is 0 Å². The fraction of sp³-hybridized carbons (Fsp3) is 0.932. The van der Waals surface area contributed by atoms with E-state index in [-0.39, 0.29) is 32.2 Å². The maximum absolute atomic E-state index is 12.9. The molecule has 0 rings (SSSR count). The van der Waals surface area contributed by atoms with Crippen molar-refractivity contribution < 1.29 is 42.9 Å². The Hall–Kier alpha value is -1.97. The third-order valence-electron chi connectivity index (χ3n) is 17.0. The molecule has 2 unspecified atom stereocenters. The molecule has 0 heterocycles. The molecular weight excluding hydrogens is 1030 g/mol. The van der Waals surface area contributed by atoms with Crippen molar-refractivity contribution in [2.24, 2.45) is 0 Å². The van der Waals surface area contributed by atoms with Crippen LogP contribution in [0.1, 0.15) is 386 Å². The molecule has 0 N–H and O–H groups in total. The number of rotatable bonds is 70. The molecule has 0 bridgehead atoms. The number of unbranched alkanes of at least 4 members (excludes halogenated alkanes) is 53. The number of carboxylic acids is 1. The van der Waals surface area contributed by atoms with Gasteiger partial charge in [-0.15, -0.1) is 0 Å². The molecule has 0 aromatic rings. The Labute approximate surface area is 516 Å². The lowest BCUT2D eigenvalue weighted by Gasteiger charge is -2.26. The lowest BCUT2D eigenvalue weighted by molar-refractivity contribution is -0.870. The topological polar surface area (TPSA) is 111 Å². The zero-order chi connectivity index (χ0) is 60.5. The van der Waals surface area contributed by atoms with Crippen LogP contribution in [0, 0.1) is 0 Å². The lowest BCUT2D eigenvalue weighted by Crippen LogP contribution is -2.44. The molecule has 0 aromatic heterocycles. The Morgan fingerprint density at radius 2 is 0.614 bits per heavy atom. The number of carboxylic acid groups (broad SMARTS) is 1. The lowest BCUT2D eigenvalue weighted by atomic mass is 10.0. The van der Waals surface area contributed by atoms with E-state index in [1.807, 2.05) is 21.1 Å². The monoisotopic (exact) mass is 1170 g/mol. The van der Waals surface area contributed by atoms with Gasteiger partial charge in [-0.1, -0.05) is 347 Å². The number of hydrogen-bond donors (Lipinski definition) is 0. The van der Waals surface area contributed by atoms with Crippen LogP contribution >= 0.6 is 0 Å². The van der Waals surface area contributed by atoms with Crippen LogP contribution in [0.3, 0.4) is 0 Å². The summed E-state index contributed by atoms with van der Waals surface area (Å²) in [6.07, 6.45) is 77.7. The molecule has 0 aliphatic carbocycles. The van der Waals surface area contributed by atoms with E-state index in [0.29, 0.717) is 23.9 Å². The van der Waals surface area contributed by atoms with Crippen LogP contribution in [-0.2, 0) is 33.3 Å². The molecule has 0 saturated heterocycles. The van der Waals surface area contributed by atoms with E-state index < -0.39 is 24.3 Å². The van der Waals surface area contributed by atoms with Gasteiger partial charge in [-0.25, -0.2) is 0 Å². The van der Waals surface area contributed by atoms with Gasteiger partial charge in [0, 0.05) is 12.8 Å². The van der Waals surface area contributed by atoms with Crippen molar-refractivity contribution >= 4 is 17.9 Å². The minimum absolute atomic E-state index is 0.151. The van der Waals surface area contributed by atoms with Gasteiger partial charge >= 0.3 is 11.9 Å². The van der Waals surface area contributed by atoms with Gasteiger partial charge in [0.1, 0.15) is 13.2 Å². The van der Waals surface area contributed by atoms with E-state index in [9.17, 15) is 19.5 Å². The Bertz CT molecular complexity index is 1370. The molecule has 492 valence electrons. The number of ether oxygens (including phenoxy) is 4. The summed E-state index contributed by atoms with van der Waals surface area (Å²) >= 11 is 0. The van der Waals surface area contributed by atoms with Gasteiger partial charge in [0.15, 0.2) is 12.4 Å². The van der Waals surface area contributed by atoms with E-state index in [4.69, 9.17) is 18.9 Å². The number of aliphatic carboxylic acids is 1. The summed E-state index contributed by atoms with van der Waals surface area (Å²) in [6, 6.07) is 0. The van der Waals surface area contributed by atoms with Gasteiger partial charge in [-0.2, -0.15) is 0 Å². The standard InChI is InChI=1S/C74H143NO8/c1-6-8-10-12-14-16-18-20-22-24-25-26-27-28-29-30-31-32-33-34-35-36-37-38-39-40-41-42-43-44-45-46-47-49-50-52-54-56-58-60-62-64-71(76)81-68-70(69-82-74(73(78)79)80-67-66-75(3,4)5)83-72(77)65-63-61-59-57-55-53-51-48-23-21-19-17-15-13-11-9-7-2/h21,23,70,74H,6-20,22,24-69H2,1-5H3/b23-21-. The van der Waals surface area contributed by atoms with Crippen molar-refractivity contribution in [3.05, 3.63) is 12.2 Å². The molecule has 83 heavy (non-hydrogen) atoms. The van der Waals surface area contributed by atoms with Crippen molar-refractivity contribution in [1.82, 2.24) is 0 Å². The van der Waals surface area contributed by atoms with Crippen molar-refractivity contribution in [3.63, 3.8) is 0 Å². The molecule has 0 aliphatic rings. The molecule has 0 aromatic carbocycles. The van der Waals surface area contributed by atoms with Gasteiger partial charge in [-0.3, -0.25) is 9.59 Å². The average molecular weight is 1170 g/mol.